The predicted molar refractivity (Wildman–Crippen MR) is 220 cm³/mol. The van der Waals surface area contributed by atoms with Crippen molar-refractivity contribution in [2.24, 2.45) is 0 Å². The molecule has 0 aliphatic rings. The molecule has 0 heterocycles. The number of hydrogen-bond donors (Lipinski definition) is 3. The lowest BCUT2D eigenvalue weighted by Gasteiger charge is -2.15. The highest BCUT2D eigenvalue weighted by molar-refractivity contribution is 7.47. The van der Waals surface area contributed by atoms with Gasteiger partial charge in [-0.25, -0.2) is 4.57 Å². The van der Waals surface area contributed by atoms with Gasteiger partial charge in [0.1, 0.15) is 12.7 Å². The third-order valence-electron chi connectivity index (χ3n) is 9.35. The van der Waals surface area contributed by atoms with Gasteiger partial charge in [-0.3, -0.25) is 18.6 Å². The molecule has 0 bridgehead atoms. The van der Waals surface area contributed by atoms with Crippen LogP contribution in [-0.2, 0) is 27.9 Å². The number of allylic oxidation sites excluding steroid dienone is 4. The van der Waals surface area contributed by atoms with Crippen molar-refractivity contribution in [2.45, 2.75) is 213 Å². The fraction of sp³-hybridized carbons (Fsp3) is 0.860. The molecule has 2 unspecified atom stereocenters. The molecule has 0 rings (SSSR count). The summed E-state index contributed by atoms with van der Waals surface area (Å²) in [5.74, 6) is -0.526. The lowest BCUT2D eigenvalue weighted by Crippen LogP contribution is -2.27. The summed E-state index contributed by atoms with van der Waals surface area (Å²) in [6.45, 7) is 3.54. The Kier molecular flexibility index (Phi) is 39.0. The minimum absolute atomic E-state index is 0.0801. The lowest BCUT2D eigenvalue weighted by molar-refractivity contribution is -0.147. The van der Waals surface area contributed by atoms with Crippen LogP contribution in [0.25, 0.3) is 0 Å². The van der Waals surface area contributed by atoms with Crippen LogP contribution in [0.5, 0.6) is 0 Å². The summed E-state index contributed by atoms with van der Waals surface area (Å²) >= 11 is 0. The van der Waals surface area contributed by atoms with Crippen LogP contribution in [0.2, 0.25) is 0 Å². The van der Waals surface area contributed by atoms with E-state index in [4.69, 9.17) is 13.8 Å². The SMILES string of the molecule is CCCCCCC/C=C\CCCCCCCC(=O)OCC(O)COP(=O)(O)OCCNC(=O)CCCCCCCCC/C=C\CCCCCCCCC. The van der Waals surface area contributed by atoms with Gasteiger partial charge in [0.05, 0.1) is 13.2 Å². The first kappa shape index (κ1) is 51.5. The fourth-order valence-corrected chi connectivity index (χ4v) is 6.77. The molecule has 1 amide bonds. The van der Waals surface area contributed by atoms with Crippen molar-refractivity contribution < 1.29 is 37.9 Å². The third-order valence-corrected chi connectivity index (χ3v) is 10.3. The van der Waals surface area contributed by atoms with Crippen molar-refractivity contribution in [2.75, 3.05) is 26.4 Å². The highest BCUT2D eigenvalue weighted by Crippen LogP contribution is 2.42. The number of aliphatic hydroxyl groups excluding tert-OH is 1. The number of esters is 1. The number of carbonyl (C=O) groups excluding carboxylic acids is 2. The van der Waals surface area contributed by atoms with Gasteiger partial charge in [0.15, 0.2) is 0 Å². The zero-order chi connectivity index (χ0) is 38.9. The number of phosphoric ester groups is 1. The van der Waals surface area contributed by atoms with Gasteiger partial charge in [0.2, 0.25) is 5.91 Å². The van der Waals surface area contributed by atoms with E-state index < -0.39 is 26.5 Å². The zero-order valence-electron chi connectivity index (χ0n) is 34.2. The van der Waals surface area contributed by atoms with Crippen LogP contribution in [0.4, 0.5) is 0 Å². The molecule has 0 spiro atoms. The molecule has 0 saturated carbocycles. The van der Waals surface area contributed by atoms with Crippen LogP contribution >= 0.6 is 7.82 Å². The minimum atomic E-state index is -4.42. The number of amides is 1. The minimum Gasteiger partial charge on any atom is -0.463 e. The van der Waals surface area contributed by atoms with Gasteiger partial charge in [-0.05, 0) is 64.2 Å². The summed E-state index contributed by atoms with van der Waals surface area (Å²) in [7, 11) is -4.42. The number of ether oxygens (including phenoxy) is 1. The van der Waals surface area contributed by atoms with E-state index in [9.17, 15) is 24.2 Å². The van der Waals surface area contributed by atoms with Crippen molar-refractivity contribution in [3.05, 3.63) is 24.3 Å². The van der Waals surface area contributed by atoms with E-state index in [1.807, 2.05) is 0 Å². The number of phosphoric acid groups is 1. The van der Waals surface area contributed by atoms with Crippen LogP contribution in [-0.4, -0.2) is 54.3 Å². The Morgan fingerprint density at radius 1 is 0.566 bits per heavy atom. The molecule has 0 saturated heterocycles. The van der Waals surface area contributed by atoms with Gasteiger partial charge in [-0.1, -0.05) is 154 Å². The topological polar surface area (TPSA) is 131 Å². The normalized spacial score (nSPS) is 13.5. The first-order chi connectivity index (χ1) is 25.8. The van der Waals surface area contributed by atoms with E-state index in [1.165, 1.54) is 122 Å². The van der Waals surface area contributed by atoms with Crippen LogP contribution < -0.4 is 5.32 Å². The summed E-state index contributed by atoms with van der Waals surface area (Å²) in [5.41, 5.74) is 0. The number of unbranched alkanes of at least 4 members (excludes halogenated alkanes) is 24. The fourth-order valence-electron chi connectivity index (χ4n) is 6.02. The van der Waals surface area contributed by atoms with E-state index in [0.717, 1.165) is 57.8 Å². The maximum absolute atomic E-state index is 12.1. The molecule has 312 valence electrons. The van der Waals surface area contributed by atoms with Crippen molar-refractivity contribution in [3.8, 4) is 0 Å². The summed E-state index contributed by atoms with van der Waals surface area (Å²) in [6, 6.07) is 0. The molecule has 0 aromatic heterocycles. The number of rotatable bonds is 41. The van der Waals surface area contributed by atoms with Gasteiger partial charge in [-0.2, -0.15) is 0 Å². The summed E-state index contributed by atoms with van der Waals surface area (Å²) in [4.78, 5) is 33.9. The number of nitrogens with one attached hydrogen (secondary N) is 1. The molecule has 0 aromatic rings. The second kappa shape index (κ2) is 40.2. The second-order valence-corrected chi connectivity index (χ2v) is 16.1. The molecule has 0 aliphatic carbocycles. The molecule has 3 N–H and O–H groups in total. The molecule has 0 aromatic carbocycles. The van der Waals surface area contributed by atoms with E-state index >= 15 is 0 Å². The van der Waals surface area contributed by atoms with E-state index in [1.54, 1.807) is 0 Å². The quantitative estimate of drug-likeness (QED) is 0.0242. The molecular formula is C43H82NO8P. The predicted octanol–water partition coefficient (Wildman–Crippen LogP) is 12.0. The van der Waals surface area contributed by atoms with Crippen molar-refractivity contribution in [1.29, 1.82) is 0 Å². The second-order valence-electron chi connectivity index (χ2n) is 14.7. The Labute approximate surface area is 325 Å². The lowest BCUT2D eigenvalue weighted by atomic mass is 10.1. The van der Waals surface area contributed by atoms with Crippen LogP contribution in [0, 0.1) is 0 Å². The summed E-state index contributed by atoms with van der Waals surface area (Å²) < 4.78 is 26.8. The average Bonchev–Trinajstić information content (AvgIpc) is 3.14. The monoisotopic (exact) mass is 772 g/mol. The maximum atomic E-state index is 12.1. The molecule has 9 nitrogen and oxygen atoms in total. The molecule has 10 heteroatoms. The molecule has 53 heavy (non-hydrogen) atoms. The van der Waals surface area contributed by atoms with Crippen molar-refractivity contribution >= 4 is 19.7 Å². The van der Waals surface area contributed by atoms with E-state index in [0.29, 0.717) is 6.42 Å². The first-order valence-corrected chi connectivity index (χ1v) is 23.3. The van der Waals surface area contributed by atoms with E-state index in [-0.39, 0.29) is 32.1 Å². The molecule has 0 radical (unpaired) electrons. The zero-order valence-corrected chi connectivity index (χ0v) is 35.1. The number of hydrogen-bond acceptors (Lipinski definition) is 7. The Bertz CT molecular complexity index is 928. The molecule has 0 aliphatic heterocycles. The van der Waals surface area contributed by atoms with Gasteiger partial charge >= 0.3 is 13.8 Å². The molecule has 2 atom stereocenters. The molecule has 0 fully saturated rings. The van der Waals surface area contributed by atoms with Gasteiger partial charge in [0.25, 0.3) is 0 Å². The third kappa shape index (κ3) is 41.5. The number of carbonyl (C=O) groups is 2. The standard InChI is InChI=1S/C43H82NO8P/c1-3-5-7-9-11-13-15-17-19-20-21-22-23-25-27-29-31-33-35-42(46)44-37-38-51-53(48,49)52-40-41(45)39-50-43(47)36-34-32-30-28-26-24-18-16-14-12-10-8-6-4-2/h16,18-20,41,45H,3-15,17,21-40H2,1-2H3,(H,44,46)(H,48,49)/b18-16-,20-19-. The highest BCUT2D eigenvalue weighted by Gasteiger charge is 2.23. The van der Waals surface area contributed by atoms with Crippen molar-refractivity contribution in [3.63, 3.8) is 0 Å². The van der Waals surface area contributed by atoms with Gasteiger partial charge < -0.3 is 20.1 Å². The smallest absolute Gasteiger partial charge is 0.463 e. The van der Waals surface area contributed by atoms with E-state index in [2.05, 4.69) is 43.5 Å². The Balaban J connectivity index is 3.59. The Morgan fingerprint density at radius 3 is 1.42 bits per heavy atom. The highest BCUT2D eigenvalue weighted by atomic mass is 31.2. The van der Waals surface area contributed by atoms with Crippen LogP contribution in [0.1, 0.15) is 206 Å². The van der Waals surface area contributed by atoms with Crippen LogP contribution in [0.3, 0.4) is 0 Å². The summed E-state index contributed by atoms with van der Waals surface area (Å²) in [6.07, 6.45) is 42.5. The molecular weight excluding hydrogens is 689 g/mol. The average molecular weight is 772 g/mol. The first-order valence-electron chi connectivity index (χ1n) is 21.8. The maximum Gasteiger partial charge on any atom is 0.472 e. The Hall–Kier alpha value is -1.51. The van der Waals surface area contributed by atoms with Crippen LogP contribution in [0.15, 0.2) is 24.3 Å². The number of aliphatic hydroxyl groups is 1. The Morgan fingerprint density at radius 2 is 0.962 bits per heavy atom. The van der Waals surface area contributed by atoms with Crippen molar-refractivity contribution in [1.82, 2.24) is 5.32 Å². The van der Waals surface area contributed by atoms with Gasteiger partial charge in [0, 0.05) is 19.4 Å². The largest absolute Gasteiger partial charge is 0.472 e. The van der Waals surface area contributed by atoms with Gasteiger partial charge in [-0.15, -0.1) is 0 Å². The summed E-state index contributed by atoms with van der Waals surface area (Å²) in [5, 5.41) is 12.7.